The first-order chi connectivity index (χ1) is 9.24. The van der Waals surface area contributed by atoms with Gasteiger partial charge in [0.05, 0.1) is 11.6 Å². The molecule has 1 aromatic carbocycles. The fourth-order valence-corrected chi connectivity index (χ4v) is 2.57. The van der Waals surface area contributed by atoms with Gasteiger partial charge in [-0.2, -0.15) is 5.26 Å². The molecule has 0 saturated carbocycles. The summed E-state index contributed by atoms with van der Waals surface area (Å²) in [4.78, 5) is 14.3. The number of piperidine rings is 1. The van der Waals surface area contributed by atoms with Crippen LogP contribution in [-0.4, -0.2) is 37.5 Å². The molecule has 0 radical (unpaired) electrons. The lowest BCUT2D eigenvalue weighted by Crippen LogP contribution is -2.42. The second-order valence-electron chi connectivity index (χ2n) is 5.01. The number of nitrogens with zero attached hydrogens (tertiary/aromatic N) is 2. The fourth-order valence-electron chi connectivity index (χ4n) is 2.57. The normalized spacial score (nSPS) is 18.0. The highest BCUT2D eigenvalue weighted by Gasteiger charge is 2.23. The van der Waals surface area contributed by atoms with Crippen LogP contribution < -0.4 is 5.32 Å². The molecule has 2 rings (SSSR count). The van der Waals surface area contributed by atoms with Crippen molar-refractivity contribution in [2.45, 2.75) is 12.8 Å². The highest BCUT2D eigenvalue weighted by Crippen LogP contribution is 2.18. The number of rotatable bonds is 3. The Labute approximate surface area is 126 Å². The van der Waals surface area contributed by atoms with E-state index in [1.54, 1.807) is 24.3 Å². The Morgan fingerprint density at radius 1 is 1.45 bits per heavy atom. The molecule has 1 amide bonds. The number of amides is 1. The molecule has 1 N–H and O–H groups in total. The lowest BCUT2D eigenvalue weighted by atomic mass is 9.97. The van der Waals surface area contributed by atoms with Crippen LogP contribution in [0.1, 0.15) is 28.8 Å². The second kappa shape index (κ2) is 7.88. The molecule has 1 saturated heterocycles. The average Bonchev–Trinajstić information content (AvgIpc) is 2.47. The largest absolute Gasteiger partial charge is 0.338 e. The third-order valence-electron chi connectivity index (χ3n) is 3.56. The number of hydrogen-bond donors (Lipinski definition) is 1. The molecule has 1 heterocycles. The molecule has 0 aromatic heterocycles. The minimum atomic E-state index is 0. The summed E-state index contributed by atoms with van der Waals surface area (Å²) in [6.45, 7) is 2.61. The molecule has 4 nitrogen and oxygen atoms in total. The highest BCUT2D eigenvalue weighted by molar-refractivity contribution is 5.94. The van der Waals surface area contributed by atoms with Crippen molar-refractivity contribution in [1.29, 1.82) is 5.26 Å². The van der Waals surface area contributed by atoms with Gasteiger partial charge in [0.15, 0.2) is 0 Å². The van der Waals surface area contributed by atoms with E-state index < -0.39 is 0 Å². The minimum absolute atomic E-state index is 0. The summed E-state index contributed by atoms with van der Waals surface area (Å²) < 4.78 is 0. The number of nitriles is 1. The van der Waals surface area contributed by atoms with Gasteiger partial charge in [0.25, 0.3) is 5.91 Å². The van der Waals surface area contributed by atoms with Crippen LogP contribution in [0.25, 0.3) is 0 Å². The molecule has 1 unspecified atom stereocenters. The van der Waals surface area contributed by atoms with E-state index >= 15 is 0 Å². The molecule has 1 aliphatic rings. The maximum absolute atomic E-state index is 12.4. The van der Waals surface area contributed by atoms with Gasteiger partial charge in [-0.3, -0.25) is 4.79 Å². The first kappa shape index (κ1) is 16.5. The summed E-state index contributed by atoms with van der Waals surface area (Å²) in [5, 5.41) is 11.9. The summed E-state index contributed by atoms with van der Waals surface area (Å²) in [6.07, 6.45) is 2.24. The van der Waals surface area contributed by atoms with E-state index in [0.29, 0.717) is 17.0 Å². The number of halogens is 1. The zero-order valence-corrected chi connectivity index (χ0v) is 12.4. The Morgan fingerprint density at radius 3 is 2.75 bits per heavy atom. The topological polar surface area (TPSA) is 56.1 Å². The molecule has 1 atom stereocenters. The molecule has 108 valence electrons. The summed E-state index contributed by atoms with van der Waals surface area (Å²) in [7, 11) is 1.95. The maximum atomic E-state index is 12.4. The first-order valence-electron chi connectivity index (χ1n) is 6.68. The van der Waals surface area contributed by atoms with Gasteiger partial charge in [0, 0.05) is 18.7 Å². The summed E-state index contributed by atoms with van der Waals surface area (Å²) in [5.74, 6) is 0.617. The predicted molar refractivity (Wildman–Crippen MR) is 81.0 cm³/mol. The van der Waals surface area contributed by atoms with Crippen LogP contribution >= 0.6 is 12.4 Å². The molecule has 1 fully saturated rings. The number of benzene rings is 1. The van der Waals surface area contributed by atoms with E-state index in [0.717, 1.165) is 26.1 Å². The van der Waals surface area contributed by atoms with Crippen molar-refractivity contribution in [1.82, 2.24) is 10.2 Å². The fraction of sp³-hybridized carbons (Fsp3) is 0.467. The van der Waals surface area contributed by atoms with Crippen LogP contribution in [0.3, 0.4) is 0 Å². The van der Waals surface area contributed by atoms with Crippen LogP contribution in [0.5, 0.6) is 0 Å². The van der Waals surface area contributed by atoms with Crippen molar-refractivity contribution in [3.8, 4) is 6.07 Å². The number of carbonyl (C=O) groups excluding carboxylic acids is 1. The van der Waals surface area contributed by atoms with Crippen LogP contribution in [0.2, 0.25) is 0 Å². The number of likely N-dealkylation sites (tertiary alicyclic amines) is 1. The second-order valence-corrected chi connectivity index (χ2v) is 5.01. The first-order valence-corrected chi connectivity index (χ1v) is 6.68. The standard InChI is InChI=1S/C15H19N3O.ClH/c1-17-10-13-3-2-8-18(11-13)15(19)14-6-4-12(9-16)5-7-14;/h4-7,13,17H,2-3,8,10-11H2,1H3;1H. The van der Waals surface area contributed by atoms with Crippen LogP contribution in [0, 0.1) is 17.2 Å². The van der Waals surface area contributed by atoms with E-state index in [1.807, 2.05) is 11.9 Å². The molecule has 20 heavy (non-hydrogen) atoms. The van der Waals surface area contributed by atoms with Gasteiger partial charge in [0.1, 0.15) is 0 Å². The van der Waals surface area contributed by atoms with Crippen molar-refractivity contribution >= 4 is 18.3 Å². The summed E-state index contributed by atoms with van der Waals surface area (Å²) >= 11 is 0. The monoisotopic (exact) mass is 293 g/mol. The van der Waals surface area contributed by atoms with Crippen LogP contribution in [0.15, 0.2) is 24.3 Å². The van der Waals surface area contributed by atoms with E-state index in [2.05, 4.69) is 11.4 Å². The number of hydrogen-bond acceptors (Lipinski definition) is 3. The van der Waals surface area contributed by atoms with Gasteiger partial charge in [-0.1, -0.05) is 0 Å². The minimum Gasteiger partial charge on any atom is -0.338 e. The molecule has 1 aliphatic heterocycles. The number of nitrogens with one attached hydrogen (secondary N) is 1. The maximum Gasteiger partial charge on any atom is 0.253 e. The van der Waals surface area contributed by atoms with Crippen molar-refractivity contribution in [3.63, 3.8) is 0 Å². The molecular formula is C15H20ClN3O. The van der Waals surface area contributed by atoms with E-state index in [1.165, 1.54) is 6.42 Å². The summed E-state index contributed by atoms with van der Waals surface area (Å²) in [5.41, 5.74) is 1.26. The zero-order valence-electron chi connectivity index (χ0n) is 11.6. The Morgan fingerprint density at radius 2 is 2.15 bits per heavy atom. The quantitative estimate of drug-likeness (QED) is 0.928. The van der Waals surface area contributed by atoms with Gasteiger partial charge >= 0.3 is 0 Å². The third-order valence-corrected chi connectivity index (χ3v) is 3.56. The van der Waals surface area contributed by atoms with E-state index in [-0.39, 0.29) is 18.3 Å². The molecule has 5 heteroatoms. The lowest BCUT2D eigenvalue weighted by molar-refractivity contribution is 0.0674. The molecule has 1 aromatic rings. The van der Waals surface area contributed by atoms with Gasteiger partial charge in [0.2, 0.25) is 0 Å². The Bertz CT molecular complexity index is 479. The third kappa shape index (κ3) is 3.96. The molecular weight excluding hydrogens is 274 g/mol. The molecule has 0 aliphatic carbocycles. The SMILES string of the molecule is CNCC1CCCN(C(=O)c2ccc(C#N)cc2)C1.Cl. The Hall–Kier alpha value is -1.57. The lowest BCUT2D eigenvalue weighted by Gasteiger charge is -2.32. The Balaban J connectivity index is 0.00000200. The number of carbonyl (C=O) groups is 1. The predicted octanol–water partition coefficient (Wildman–Crippen LogP) is 2.05. The summed E-state index contributed by atoms with van der Waals surface area (Å²) in [6, 6.07) is 8.93. The Kier molecular flexibility index (Phi) is 6.50. The van der Waals surface area contributed by atoms with E-state index in [9.17, 15) is 4.79 Å². The van der Waals surface area contributed by atoms with Gasteiger partial charge in [-0.25, -0.2) is 0 Å². The van der Waals surface area contributed by atoms with Crippen molar-refractivity contribution in [2.75, 3.05) is 26.7 Å². The van der Waals surface area contributed by atoms with Gasteiger partial charge in [-0.05, 0) is 56.6 Å². The molecule has 0 bridgehead atoms. The van der Waals surface area contributed by atoms with Crippen molar-refractivity contribution in [2.24, 2.45) is 5.92 Å². The average molecular weight is 294 g/mol. The highest BCUT2D eigenvalue weighted by atomic mass is 35.5. The van der Waals surface area contributed by atoms with E-state index in [4.69, 9.17) is 5.26 Å². The van der Waals surface area contributed by atoms with Gasteiger partial charge in [-0.15, -0.1) is 12.4 Å². The van der Waals surface area contributed by atoms with Crippen molar-refractivity contribution in [3.05, 3.63) is 35.4 Å². The smallest absolute Gasteiger partial charge is 0.253 e. The van der Waals surface area contributed by atoms with Crippen LogP contribution in [-0.2, 0) is 0 Å². The molecule has 0 spiro atoms. The van der Waals surface area contributed by atoms with Crippen molar-refractivity contribution < 1.29 is 4.79 Å². The zero-order chi connectivity index (χ0) is 13.7. The van der Waals surface area contributed by atoms with Gasteiger partial charge < -0.3 is 10.2 Å². The van der Waals surface area contributed by atoms with Crippen LogP contribution in [0.4, 0.5) is 0 Å².